The first kappa shape index (κ1) is 9.19. The van der Waals surface area contributed by atoms with Gasteiger partial charge in [-0.15, -0.1) is 0 Å². The number of rotatable bonds is 3. The van der Waals surface area contributed by atoms with E-state index in [1.165, 1.54) is 0 Å². The van der Waals surface area contributed by atoms with Crippen LogP contribution in [0.4, 0.5) is 0 Å². The normalized spacial score (nSPS) is 12.7. The van der Waals surface area contributed by atoms with Gasteiger partial charge < -0.3 is 5.11 Å². The van der Waals surface area contributed by atoms with Gasteiger partial charge in [-0.25, -0.2) is 0 Å². The van der Waals surface area contributed by atoms with Crippen LogP contribution in [0.3, 0.4) is 0 Å². The Bertz CT molecular complexity index is 155. The SMILES string of the molecule is C=C(C#N)C(CO)C(C)C. The highest BCUT2D eigenvalue weighted by molar-refractivity contribution is 5.19. The Morgan fingerprint density at radius 1 is 1.70 bits per heavy atom. The van der Waals surface area contributed by atoms with E-state index in [2.05, 4.69) is 6.58 Å². The molecule has 0 fully saturated rings. The quantitative estimate of drug-likeness (QED) is 0.599. The highest BCUT2D eigenvalue weighted by atomic mass is 16.3. The van der Waals surface area contributed by atoms with Crippen molar-refractivity contribution in [3.63, 3.8) is 0 Å². The number of hydrogen-bond acceptors (Lipinski definition) is 2. The molecule has 0 bridgehead atoms. The third kappa shape index (κ3) is 2.20. The van der Waals surface area contributed by atoms with Crippen molar-refractivity contribution in [3.05, 3.63) is 12.2 Å². The van der Waals surface area contributed by atoms with Crippen LogP contribution in [0.5, 0.6) is 0 Å². The van der Waals surface area contributed by atoms with Crippen molar-refractivity contribution in [2.24, 2.45) is 11.8 Å². The highest BCUT2D eigenvalue weighted by Gasteiger charge is 2.14. The van der Waals surface area contributed by atoms with Crippen molar-refractivity contribution < 1.29 is 5.11 Å². The number of aliphatic hydroxyl groups excluding tert-OH is 1. The molecule has 1 N–H and O–H groups in total. The molecule has 0 saturated heterocycles. The van der Waals surface area contributed by atoms with E-state index >= 15 is 0 Å². The summed E-state index contributed by atoms with van der Waals surface area (Å²) in [6.07, 6.45) is 0. The molecule has 0 aliphatic rings. The topological polar surface area (TPSA) is 44.0 Å². The number of hydrogen-bond donors (Lipinski definition) is 1. The minimum Gasteiger partial charge on any atom is -0.396 e. The van der Waals surface area contributed by atoms with Crippen LogP contribution in [-0.4, -0.2) is 11.7 Å². The van der Waals surface area contributed by atoms with E-state index in [1.807, 2.05) is 19.9 Å². The summed E-state index contributed by atoms with van der Waals surface area (Å²) in [7, 11) is 0. The highest BCUT2D eigenvalue weighted by Crippen LogP contribution is 2.17. The van der Waals surface area contributed by atoms with Crippen LogP contribution in [0.25, 0.3) is 0 Å². The second-order valence-electron chi connectivity index (χ2n) is 2.67. The molecule has 0 rings (SSSR count). The summed E-state index contributed by atoms with van der Waals surface area (Å²) in [4.78, 5) is 0. The lowest BCUT2D eigenvalue weighted by Crippen LogP contribution is -2.14. The summed E-state index contributed by atoms with van der Waals surface area (Å²) in [5, 5.41) is 17.2. The molecule has 2 heteroatoms. The molecule has 0 spiro atoms. The van der Waals surface area contributed by atoms with Gasteiger partial charge in [0.05, 0.1) is 12.7 Å². The minimum atomic E-state index is -0.0648. The van der Waals surface area contributed by atoms with Crippen LogP contribution in [0.1, 0.15) is 13.8 Å². The lowest BCUT2D eigenvalue weighted by atomic mass is 9.91. The smallest absolute Gasteiger partial charge is 0.0944 e. The molecule has 0 heterocycles. The molecule has 1 atom stereocenters. The average Bonchev–Trinajstić information content (AvgIpc) is 1.88. The molecule has 0 saturated carbocycles. The molecule has 0 aromatic rings. The Morgan fingerprint density at radius 3 is 2.30 bits per heavy atom. The summed E-state index contributed by atoms with van der Waals surface area (Å²) in [6, 6.07) is 1.94. The largest absolute Gasteiger partial charge is 0.396 e. The molecule has 2 nitrogen and oxygen atoms in total. The van der Waals surface area contributed by atoms with Gasteiger partial charge in [-0.1, -0.05) is 20.4 Å². The molecule has 0 aromatic heterocycles. The fourth-order valence-corrected chi connectivity index (χ4v) is 0.806. The van der Waals surface area contributed by atoms with E-state index in [1.54, 1.807) is 0 Å². The summed E-state index contributed by atoms with van der Waals surface area (Å²) < 4.78 is 0. The monoisotopic (exact) mass is 139 g/mol. The molecule has 56 valence electrons. The second-order valence-corrected chi connectivity index (χ2v) is 2.67. The maximum atomic E-state index is 8.79. The molecular formula is C8H13NO. The van der Waals surface area contributed by atoms with Crippen molar-refractivity contribution in [2.75, 3.05) is 6.61 Å². The van der Waals surface area contributed by atoms with Crippen molar-refractivity contribution >= 4 is 0 Å². The van der Waals surface area contributed by atoms with E-state index in [4.69, 9.17) is 10.4 Å². The summed E-state index contributed by atoms with van der Waals surface area (Å²) >= 11 is 0. The zero-order valence-electron chi connectivity index (χ0n) is 6.46. The van der Waals surface area contributed by atoms with E-state index in [0.717, 1.165) is 0 Å². The van der Waals surface area contributed by atoms with E-state index in [9.17, 15) is 0 Å². The van der Waals surface area contributed by atoms with E-state index in [0.29, 0.717) is 5.57 Å². The van der Waals surface area contributed by atoms with Crippen molar-refractivity contribution in [3.8, 4) is 6.07 Å². The maximum Gasteiger partial charge on any atom is 0.0944 e. The fraction of sp³-hybridized carbons (Fsp3) is 0.625. The molecule has 0 radical (unpaired) electrons. The van der Waals surface area contributed by atoms with Gasteiger partial charge in [0, 0.05) is 11.5 Å². The summed E-state index contributed by atoms with van der Waals surface area (Å²) in [5.74, 6) is 0.224. The molecular weight excluding hydrogens is 126 g/mol. The summed E-state index contributed by atoms with van der Waals surface area (Å²) in [6.45, 7) is 7.49. The lowest BCUT2D eigenvalue weighted by molar-refractivity contribution is 0.217. The molecule has 0 aliphatic carbocycles. The van der Waals surface area contributed by atoms with Crippen molar-refractivity contribution in [1.29, 1.82) is 5.26 Å². The van der Waals surface area contributed by atoms with Crippen molar-refractivity contribution in [2.45, 2.75) is 13.8 Å². The third-order valence-electron chi connectivity index (χ3n) is 1.59. The number of aliphatic hydroxyl groups is 1. The van der Waals surface area contributed by atoms with Crippen LogP contribution < -0.4 is 0 Å². The van der Waals surface area contributed by atoms with Gasteiger partial charge in [0.1, 0.15) is 0 Å². The van der Waals surface area contributed by atoms with E-state index in [-0.39, 0.29) is 18.4 Å². The number of nitrogens with zero attached hydrogens (tertiary/aromatic N) is 1. The van der Waals surface area contributed by atoms with Gasteiger partial charge >= 0.3 is 0 Å². The lowest BCUT2D eigenvalue weighted by Gasteiger charge is -2.15. The summed E-state index contributed by atoms with van der Waals surface area (Å²) in [5.41, 5.74) is 0.470. The predicted molar refractivity (Wildman–Crippen MR) is 40.2 cm³/mol. The minimum absolute atomic E-state index is 0.0179. The first-order chi connectivity index (χ1) is 4.63. The van der Waals surface area contributed by atoms with E-state index < -0.39 is 0 Å². The number of nitriles is 1. The van der Waals surface area contributed by atoms with Crippen LogP contribution in [0.2, 0.25) is 0 Å². The van der Waals surface area contributed by atoms with Crippen LogP contribution >= 0.6 is 0 Å². The second kappa shape index (κ2) is 4.08. The zero-order chi connectivity index (χ0) is 8.15. The molecule has 0 aromatic carbocycles. The third-order valence-corrected chi connectivity index (χ3v) is 1.59. The van der Waals surface area contributed by atoms with Crippen LogP contribution in [0, 0.1) is 23.2 Å². The van der Waals surface area contributed by atoms with Gasteiger partial charge in [0.2, 0.25) is 0 Å². The van der Waals surface area contributed by atoms with Gasteiger partial charge in [-0.3, -0.25) is 0 Å². The molecule has 0 aliphatic heterocycles. The average molecular weight is 139 g/mol. The van der Waals surface area contributed by atoms with Crippen LogP contribution in [0.15, 0.2) is 12.2 Å². The van der Waals surface area contributed by atoms with Gasteiger partial charge in [0.25, 0.3) is 0 Å². The van der Waals surface area contributed by atoms with Crippen LogP contribution in [-0.2, 0) is 0 Å². The Hall–Kier alpha value is -0.810. The Morgan fingerprint density at radius 2 is 2.20 bits per heavy atom. The standard InChI is InChI=1S/C8H13NO/c1-6(2)8(5-10)7(3)4-9/h6,8,10H,3,5H2,1-2H3. The Kier molecular flexibility index (Phi) is 3.75. The van der Waals surface area contributed by atoms with Gasteiger partial charge in [0.15, 0.2) is 0 Å². The molecule has 0 amide bonds. The predicted octanol–water partition coefficient (Wildman–Crippen LogP) is 1.33. The Balaban J connectivity index is 4.10. The Labute approximate surface area is 61.8 Å². The van der Waals surface area contributed by atoms with Gasteiger partial charge in [-0.2, -0.15) is 5.26 Å². The maximum absolute atomic E-state index is 8.79. The molecule has 10 heavy (non-hydrogen) atoms. The molecule has 1 unspecified atom stereocenters. The van der Waals surface area contributed by atoms with Gasteiger partial charge in [-0.05, 0) is 5.92 Å². The first-order valence-electron chi connectivity index (χ1n) is 3.33. The zero-order valence-corrected chi connectivity index (χ0v) is 6.46. The first-order valence-corrected chi connectivity index (χ1v) is 3.33. The van der Waals surface area contributed by atoms with Crippen molar-refractivity contribution in [1.82, 2.24) is 0 Å². The fourth-order valence-electron chi connectivity index (χ4n) is 0.806.